The highest BCUT2D eigenvalue weighted by molar-refractivity contribution is 6.03. The number of ketones is 1. The van der Waals surface area contributed by atoms with E-state index in [1.54, 1.807) is 18.1 Å². The van der Waals surface area contributed by atoms with Crippen LogP contribution in [0.2, 0.25) is 0 Å². The molecule has 0 spiro atoms. The molecule has 0 aromatic heterocycles. The van der Waals surface area contributed by atoms with Crippen molar-refractivity contribution in [2.75, 3.05) is 0 Å². The minimum Gasteiger partial charge on any atom is -0.481 e. The first-order valence-electron chi connectivity index (χ1n) is 21.4. The molecule has 0 heterocycles. The lowest BCUT2D eigenvalue weighted by Crippen LogP contribution is -2.12. The molecular formula is C55H72O3. The average molecular weight is 781 g/mol. The molecule has 5 aromatic carbocycles. The Bertz CT molecular complexity index is 2150. The molecule has 2 aliphatic rings. The summed E-state index contributed by atoms with van der Waals surface area (Å²) in [6.45, 7) is 31.8. The fourth-order valence-electron chi connectivity index (χ4n) is 8.12. The molecule has 0 saturated heterocycles. The number of hydrogen-bond donors (Lipinski definition) is 1. The molecule has 7 rings (SSSR count). The maximum Gasteiger partial charge on any atom is 0.306 e. The van der Waals surface area contributed by atoms with Crippen molar-refractivity contribution < 1.29 is 14.7 Å². The van der Waals surface area contributed by atoms with E-state index in [-0.39, 0.29) is 11.8 Å². The van der Waals surface area contributed by atoms with E-state index >= 15 is 0 Å². The van der Waals surface area contributed by atoms with Gasteiger partial charge in [0.2, 0.25) is 0 Å². The molecule has 1 N–H and O–H groups in total. The molecule has 3 heteroatoms. The predicted octanol–water partition coefficient (Wildman–Crippen LogP) is 14.0. The van der Waals surface area contributed by atoms with E-state index in [1.807, 2.05) is 45.9 Å². The number of benzene rings is 5. The zero-order chi connectivity index (χ0) is 43.4. The van der Waals surface area contributed by atoms with Crippen LogP contribution in [0.15, 0.2) is 84.9 Å². The van der Waals surface area contributed by atoms with Gasteiger partial charge in [-0.1, -0.05) is 142 Å². The highest BCUT2D eigenvalue weighted by Gasteiger charge is 2.29. The van der Waals surface area contributed by atoms with Crippen LogP contribution in [0.4, 0.5) is 0 Å². The van der Waals surface area contributed by atoms with E-state index < -0.39 is 5.97 Å². The SMILES string of the molecule is CCc1cc(C)ccc1C.Cc1ccc(C)c(CC(C)C(=O)O)c1.Cc1ccc(C)c2c1CC(C)C2=O.Cc1ccc(C)c2c1CC(C)C2C.Cc1cccc(C)c1. The maximum absolute atomic E-state index is 11.8. The number of carbonyl (C=O) groups is 2. The van der Waals surface area contributed by atoms with E-state index in [0.29, 0.717) is 12.2 Å². The van der Waals surface area contributed by atoms with Gasteiger partial charge in [0, 0.05) is 11.5 Å². The van der Waals surface area contributed by atoms with Crippen LogP contribution in [0.1, 0.15) is 134 Å². The third-order valence-electron chi connectivity index (χ3n) is 12.1. The summed E-state index contributed by atoms with van der Waals surface area (Å²) in [5, 5.41) is 8.80. The molecule has 4 unspecified atom stereocenters. The standard InChI is InChI=1S/C13H18.C12H16O2.C12H14O.C10H14.C8H10/c1-8-5-6-9(2)13-11(4)10(3)7-12(8)13;1-8-4-5-9(2)11(6-8)7-10(3)12(13)14;1-7-4-5-8(2)11-10(7)6-9(3)12(11)13;1-4-10-7-8(2)5-6-9(10)3;1-7-4-3-5-8(2)6-7/h5-6,10-11H,7H2,1-4H3;4-6,10H,7H2,1-3H3,(H,13,14);4-5,9H,6H2,1-3H3;5-7H,4H2,1-3H3;3-6H,1-2H3. The third kappa shape index (κ3) is 13.1. The molecule has 0 saturated carbocycles. The molecule has 5 aromatic rings. The Morgan fingerprint density at radius 1 is 0.603 bits per heavy atom. The van der Waals surface area contributed by atoms with Crippen molar-refractivity contribution in [1.82, 2.24) is 0 Å². The molecule has 4 atom stereocenters. The van der Waals surface area contributed by atoms with E-state index in [2.05, 4.69) is 136 Å². The van der Waals surface area contributed by atoms with Gasteiger partial charge < -0.3 is 5.11 Å². The van der Waals surface area contributed by atoms with Crippen molar-refractivity contribution in [2.45, 2.75) is 135 Å². The van der Waals surface area contributed by atoms with Crippen molar-refractivity contribution in [1.29, 1.82) is 0 Å². The number of Topliss-reactive ketones (excluding diaryl/α,β-unsaturated/α-hetero) is 1. The second-order valence-electron chi connectivity index (χ2n) is 17.4. The zero-order valence-corrected chi connectivity index (χ0v) is 38.5. The fourth-order valence-corrected chi connectivity index (χ4v) is 8.12. The van der Waals surface area contributed by atoms with E-state index in [0.717, 1.165) is 41.4 Å². The quantitative estimate of drug-likeness (QED) is 0.198. The first-order valence-corrected chi connectivity index (χ1v) is 21.4. The van der Waals surface area contributed by atoms with Crippen LogP contribution >= 0.6 is 0 Å². The van der Waals surface area contributed by atoms with Crippen LogP contribution < -0.4 is 0 Å². The second-order valence-corrected chi connectivity index (χ2v) is 17.4. The molecular weight excluding hydrogens is 709 g/mol. The summed E-state index contributed by atoms with van der Waals surface area (Å²) < 4.78 is 0. The van der Waals surface area contributed by atoms with Gasteiger partial charge in [-0.2, -0.15) is 0 Å². The number of aryl methyl sites for hydroxylation is 11. The molecule has 3 nitrogen and oxygen atoms in total. The zero-order valence-electron chi connectivity index (χ0n) is 38.5. The smallest absolute Gasteiger partial charge is 0.306 e. The van der Waals surface area contributed by atoms with Crippen LogP contribution in [-0.2, 0) is 30.5 Å². The van der Waals surface area contributed by atoms with Gasteiger partial charge in [0.1, 0.15) is 0 Å². The minimum atomic E-state index is -0.731. The van der Waals surface area contributed by atoms with Crippen molar-refractivity contribution in [3.8, 4) is 0 Å². The molecule has 310 valence electrons. The monoisotopic (exact) mass is 781 g/mol. The van der Waals surface area contributed by atoms with Gasteiger partial charge in [-0.05, 0) is 168 Å². The Morgan fingerprint density at radius 2 is 1.07 bits per heavy atom. The van der Waals surface area contributed by atoms with Gasteiger partial charge in [-0.25, -0.2) is 0 Å². The third-order valence-corrected chi connectivity index (χ3v) is 12.1. The van der Waals surface area contributed by atoms with Crippen LogP contribution in [0.3, 0.4) is 0 Å². The summed E-state index contributed by atoms with van der Waals surface area (Å²) in [5.41, 5.74) is 21.3. The summed E-state index contributed by atoms with van der Waals surface area (Å²) in [7, 11) is 0. The summed E-state index contributed by atoms with van der Waals surface area (Å²) in [5.74, 6) is 1.07. The molecule has 0 radical (unpaired) electrons. The van der Waals surface area contributed by atoms with E-state index in [9.17, 15) is 9.59 Å². The minimum absolute atomic E-state index is 0.190. The lowest BCUT2D eigenvalue weighted by atomic mass is 9.93. The fraction of sp³-hybridized carbons (Fsp3) is 0.418. The maximum atomic E-state index is 11.8. The lowest BCUT2D eigenvalue weighted by molar-refractivity contribution is -0.141. The summed E-state index contributed by atoms with van der Waals surface area (Å²) in [6, 6.07) is 29.9. The Kier molecular flexibility index (Phi) is 17.9. The van der Waals surface area contributed by atoms with Crippen molar-refractivity contribution in [3.05, 3.63) is 174 Å². The van der Waals surface area contributed by atoms with Crippen LogP contribution in [0, 0.1) is 87.0 Å². The number of rotatable bonds is 4. The van der Waals surface area contributed by atoms with Gasteiger partial charge >= 0.3 is 5.97 Å². The molecule has 0 amide bonds. The van der Waals surface area contributed by atoms with Gasteiger partial charge in [0.05, 0.1) is 5.92 Å². The van der Waals surface area contributed by atoms with E-state index in [4.69, 9.17) is 5.11 Å². The Labute approximate surface area is 352 Å². The number of fused-ring (bicyclic) bond motifs is 2. The van der Waals surface area contributed by atoms with Crippen LogP contribution in [-0.4, -0.2) is 16.9 Å². The van der Waals surface area contributed by atoms with Gasteiger partial charge in [-0.15, -0.1) is 0 Å². The highest BCUT2D eigenvalue weighted by Crippen LogP contribution is 2.40. The molecule has 58 heavy (non-hydrogen) atoms. The predicted molar refractivity (Wildman–Crippen MR) is 248 cm³/mol. The van der Waals surface area contributed by atoms with Gasteiger partial charge in [-0.3, -0.25) is 9.59 Å². The van der Waals surface area contributed by atoms with Crippen molar-refractivity contribution >= 4 is 11.8 Å². The molecule has 0 aliphatic heterocycles. The van der Waals surface area contributed by atoms with Crippen LogP contribution in [0.5, 0.6) is 0 Å². The molecule has 0 bridgehead atoms. The molecule has 0 fully saturated rings. The molecule has 2 aliphatic carbocycles. The Balaban J connectivity index is 0.000000196. The highest BCUT2D eigenvalue weighted by atomic mass is 16.4. The summed E-state index contributed by atoms with van der Waals surface area (Å²) >= 11 is 0. The summed E-state index contributed by atoms with van der Waals surface area (Å²) in [4.78, 5) is 22.5. The van der Waals surface area contributed by atoms with Gasteiger partial charge in [0.15, 0.2) is 5.78 Å². The largest absolute Gasteiger partial charge is 0.481 e. The normalized spacial score (nSPS) is 16.5. The van der Waals surface area contributed by atoms with Crippen LogP contribution in [0.25, 0.3) is 0 Å². The number of aliphatic carboxylic acids is 1. The number of hydrogen-bond acceptors (Lipinski definition) is 2. The van der Waals surface area contributed by atoms with E-state index in [1.165, 1.54) is 67.6 Å². The topological polar surface area (TPSA) is 54.4 Å². The second kappa shape index (κ2) is 21.8. The average Bonchev–Trinajstić information content (AvgIpc) is 3.66. The van der Waals surface area contributed by atoms with Crippen molar-refractivity contribution in [3.63, 3.8) is 0 Å². The number of carboxylic acid groups (broad SMARTS) is 1. The number of carbonyl (C=O) groups excluding carboxylic acids is 1. The first-order chi connectivity index (χ1) is 27.2. The lowest BCUT2D eigenvalue weighted by Gasteiger charge is -2.12. The first kappa shape index (κ1) is 47.6. The van der Waals surface area contributed by atoms with Gasteiger partial charge in [0.25, 0.3) is 0 Å². The Hall–Kier alpha value is -4.76. The summed E-state index contributed by atoms with van der Waals surface area (Å²) in [6.07, 6.45) is 3.97. The number of carboxylic acids is 1. The van der Waals surface area contributed by atoms with Crippen molar-refractivity contribution in [2.24, 2.45) is 17.8 Å². The Morgan fingerprint density at radius 3 is 1.53 bits per heavy atom.